The van der Waals surface area contributed by atoms with E-state index in [1.165, 1.54) is 0 Å². The maximum Gasteiger partial charge on any atom is 0.305 e. The molecule has 17 heavy (non-hydrogen) atoms. The second-order valence-corrected chi connectivity index (χ2v) is 5.36. The van der Waals surface area contributed by atoms with Crippen molar-refractivity contribution in [2.24, 2.45) is 5.73 Å². The van der Waals surface area contributed by atoms with Crippen LogP contribution in [0.2, 0.25) is 0 Å². The molecule has 92 valence electrons. The molecular weight excluding hydrogens is 238 g/mol. The molecule has 0 bridgehead atoms. The van der Waals surface area contributed by atoms with Gasteiger partial charge in [0.1, 0.15) is 0 Å². The van der Waals surface area contributed by atoms with E-state index < -0.39 is 12.0 Å². The van der Waals surface area contributed by atoms with Crippen molar-refractivity contribution in [3.05, 3.63) is 29.8 Å². The van der Waals surface area contributed by atoms with Crippen LogP contribution in [0.25, 0.3) is 0 Å². The van der Waals surface area contributed by atoms with Crippen LogP contribution in [0.5, 0.6) is 0 Å². The Kier molecular flexibility index (Phi) is 4.04. The fourth-order valence-electron chi connectivity index (χ4n) is 1.65. The number of hydrogen-bond acceptors (Lipinski definition) is 4. The van der Waals surface area contributed by atoms with Crippen LogP contribution in [0.15, 0.2) is 29.2 Å². The van der Waals surface area contributed by atoms with E-state index in [9.17, 15) is 4.79 Å². The third kappa shape index (κ3) is 3.21. The first-order chi connectivity index (χ1) is 8.16. The lowest BCUT2D eigenvalue weighted by atomic mass is 10.1. The first kappa shape index (κ1) is 12.4. The Labute approximate surface area is 104 Å². The molecular formula is C12H15NO3S. The van der Waals surface area contributed by atoms with E-state index in [1.54, 1.807) is 11.8 Å². The van der Waals surface area contributed by atoms with Gasteiger partial charge in [-0.3, -0.25) is 4.79 Å². The molecule has 1 aliphatic heterocycles. The molecule has 4 nitrogen and oxygen atoms in total. The molecule has 0 aliphatic carbocycles. The lowest BCUT2D eigenvalue weighted by molar-refractivity contribution is -0.137. The van der Waals surface area contributed by atoms with Crippen molar-refractivity contribution in [1.82, 2.24) is 0 Å². The van der Waals surface area contributed by atoms with E-state index in [2.05, 4.69) is 0 Å². The Morgan fingerprint density at radius 2 is 2.24 bits per heavy atom. The molecule has 1 atom stereocenters. The first-order valence-electron chi connectivity index (χ1n) is 5.47. The highest BCUT2D eigenvalue weighted by molar-refractivity contribution is 8.00. The van der Waals surface area contributed by atoms with Gasteiger partial charge in [-0.25, -0.2) is 0 Å². The zero-order valence-corrected chi connectivity index (χ0v) is 10.2. The molecule has 1 saturated heterocycles. The van der Waals surface area contributed by atoms with Gasteiger partial charge in [-0.05, 0) is 11.6 Å². The maximum absolute atomic E-state index is 10.7. The summed E-state index contributed by atoms with van der Waals surface area (Å²) in [6.45, 7) is 1.51. The van der Waals surface area contributed by atoms with Gasteiger partial charge in [-0.15, -0.1) is 11.8 Å². The minimum Gasteiger partial charge on any atom is -0.481 e. The number of thioether (sulfide) groups is 1. The molecule has 1 aromatic carbocycles. The highest BCUT2D eigenvalue weighted by atomic mass is 32.2. The lowest BCUT2D eigenvalue weighted by Crippen LogP contribution is -2.30. The quantitative estimate of drug-likeness (QED) is 0.834. The number of carboxylic acids is 1. The summed E-state index contributed by atoms with van der Waals surface area (Å²) in [5, 5.41) is 9.23. The summed E-state index contributed by atoms with van der Waals surface area (Å²) in [6.07, 6.45) is -0.0429. The summed E-state index contributed by atoms with van der Waals surface area (Å²) < 4.78 is 5.13. The van der Waals surface area contributed by atoms with Crippen molar-refractivity contribution < 1.29 is 14.6 Å². The van der Waals surface area contributed by atoms with Gasteiger partial charge in [0.2, 0.25) is 0 Å². The van der Waals surface area contributed by atoms with E-state index in [0.717, 1.165) is 23.7 Å². The largest absolute Gasteiger partial charge is 0.481 e. The number of aliphatic carboxylic acids is 1. The van der Waals surface area contributed by atoms with Crippen LogP contribution in [0.4, 0.5) is 0 Å². The normalized spacial score (nSPS) is 17.5. The Balaban J connectivity index is 2.11. The molecule has 0 amide bonds. The summed E-state index contributed by atoms with van der Waals surface area (Å²) in [5.41, 5.74) is 6.82. The number of hydrogen-bond donors (Lipinski definition) is 2. The minimum atomic E-state index is -0.871. The fraction of sp³-hybridized carbons (Fsp3) is 0.417. The highest BCUT2D eigenvalue weighted by Gasteiger charge is 2.22. The highest BCUT2D eigenvalue weighted by Crippen LogP contribution is 2.33. The topological polar surface area (TPSA) is 72.6 Å². The fourth-order valence-corrected chi connectivity index (χ4v) is 2.85. The number of nitrogens with two attached hydrogens (primary N) is 1. The maximum atomic E-state index is 10.7. The zero-order chi connectivity index (χ0) is 12.3. The molecule has 2 rings (SSSR count). The van der Waals surface area contributed by atoms with Gasteiger partial charge in [-0.2, -0.15) is 0 Å². The van der Waals surface area contributed by atoms with E-state index in [0.29, 0.717) is 5.25 Å². The summed E-state index contributed by atoms with van der Waals surface area (Å²) in [4.78, 5) is 11.7. The molecule has 1 aromatic rings. The summed E-state index contributed by atoms with van der Waals surface area (Å²) >= 11 is 1.71. The second kappa shape index (κ2) is 5.53. The monoisotopic (exact) mass is 253 g/mol. The number of rotatable bonds is 5. The zero-order valence-electron chi connectivity index (χ0n) is 9.33. The standard InChI is InChI=1S/C12H15NO3S/c13-10(5-12(14)15)9-3-1-2-4-11(9)17-8-6-16-7-8/h1-4,8,10H,5-7,13H2,(H,14,15). The molecule has 0 spiro atoms. The van der Waals surface area contributed by atoms with Crippen molar-refractivity contribution in [1.29, 1.82) is 0 Å². The van der Waals surface area contributed by atoms with Crippen LogP contribution < -0.4 is 5.73 Å². The molecule has 3 N–H and O–H groups in total. The van der Waals surface area contributed by atoms with E-state index in [1.807, 2.05) is 24.3 Å². The van der Waals surface area contributed by atoms with E-state index >= 15 is 0 Å². The summed E-state index contributed by atoms with van der Waals surface area (Å²) in [5.74, 6) is -0.871. The number of ether oxygens (including phenoxy) is 1. The summed E-state index contributed by atoms with van der Waals surface area (Å²) in [6, 6.07) is 7.27. The van der Waals surface area contributed by atoms with Crippen LogP contribution in [0.1, 0.15) is 18.0 Å². The van der Waals surface area contributed by atoms with Crippen molar-refractivity contribution >= 4 is 17.7 Å². The minimum absolute atomic E-state index is 0.0429. The Bertz CT molecular complexity index is 406. The predicted octanol–water partition coefficient (Wildman–Crippen LogP) is 1.65. The number of benzene rings is 1. The van der Waals surface area contributed by atoms with Gasteiger partial charge in [0.15, 0.2) is 0 Å². The molecule has 1 heterocycles. The Hall–Kier alpha value is -1.04. The van der Waals surface area contributed by atoms with Crippen molar-refractivity contribution in [3.8, 4) is 0 Å². The van der Waals surface area contributed by atoms with E-state index in [-0.39, 0.29) is 6.42 Å². The summed E-state index contributed by atoms with van der Waals surface area (Å²) in [7, 11) is 0. The van der Waals surface area contributed by atoms with Crippen LogP contribution in [0, 0.1) is 0 Å². The van der Waals surface area contributed by atoms with Gasteiger partial charge >= 0.3 is 5.97 Å². The van der Waals surface area contributed by atoms with Gasteiger partial charge in [0, 0.05) is 10.9 Å². The Morgan fingerprint density at radius 1 is 1.53 bits per heavy atom. The van der Waals surface area contributed by atoms with Gasteiger partial charge in [0.05, 0.1) is 24.9 Å². The molecule has 0 saturated carbocycles. The van der Waals surface area contributed by atoms with Crippen LogP contribution in [-0.4, -0.2) is 29.5 Å². The smallest absolute Gasteiger partial charge is 0.305 e. The van der Waals surface area contributed by atoms with Gasteiger partial charge in [0.25, 0.3) is 0 Å². The molecule has 1 fully saturated rings. The third-order valence-electron chi connectivity index (χ3n) is 2.61. The van der Waals surface area contributed by atoms with Gasteiger partial charge in [-0.1, -0.05) is 18.2 Å². The van der Waals surface area contributed by atoms with E-state index in [4.69, 9.17) is 15.6 Å². The number of carbonyl (C=O) groups is 1. The third-order valence-corrected chi connectivity index (χ3v) is 3.85. The number of carboxylic acid groups (broad SMARTS) is 1. The van der Waals surface area contributed by atoms with Crippen LogP contribution in [-0.2, 0) is 9.53 Å². The average molecular weight is 253 g/mol. The SMILES string of the molecule is NC(CC(=O)O)c1ccccc1SC1COC1. The van der Waals surface area contributed by atoms with Gasteiger partial charge < -0.3 is 15.6 Å². The first-order valence-corrected chi connectivity index (χ1v) is 6.35. The average Bonchev–Trinajstić information content (AvgIpc) is 2.23. The van der Waals surface area contributed by atoms with Crippen LogP contribution in [0.3, 0.4) is 0 Å². The second-order valence-electron chi connectivity index (χ2n) is 4.02. The van der Waals surface area contributed by atoms with Crippen molar-refractivity contribution in [2.75, 3.05) is 13.2 Å². The van der Waals surface area contributed by atoms with Crippen molar-refractivity contribution in [2.45, 2.75) is 22.6 Å². The van der Waals surface area contributed by atoms with Crippen molar-refractivity contribution in [3.63, 3.8) is 0 Å². The van der Waals surface area contributed by atoms with Crippen LogP contribution >= 0.6 is 11.8 Å². The molecule has 1 unspecified atom stereocenters. The molecule has 0 radical (unpaired) electrons. The molecule has 0 aromatic heterocycles. The Morgan fingerprint density at radius 3 is 2.82 bits per heavy atom. The molecule has 1 aliphatic rings. The lowest BCUT2D eigenvalue weighted by Gasteiger charge is -2.26. The molecule has 5 heteroatoms. The predicted molar refractivity (Wildman–Crippen MR) is 66.1 cm³/mol.